The van der Waals surface area contributed by atoms with E-state index in [-0.39, 0.29) is 30.1 Å². The molecular formula is C28H31F4N3O. The molecule has 0 atom stereocenters. The number of nitrogens with zero attached hydrogens (tertiary/aromatic N) is 3. The number of amides is 1. The summed E-state index contributed by atoms with van der Waals surface area (Å²) in [5, 5.41) is 0. The lowest BCUT2D eigenvalue weighted by molar-refractivity contribution is -0.140. The first kappa shape index (κ1) is 24.8. The third-order valence-corrected chi connectivity index (χ3v) is 7.70. The molecule has 2 aromatic carbocycles. The first-order valence-corrected chi connectivity index (χ1v) is 13.0. The zero-order valence-corrected chi connectivity index (χ0v) is 20.2. The first-order chi connectivity index (χ1) is 17.3. The van der Waals surface area contributed by atoms with Gasteiger partial charge in [0.15, 0.2) is 0 Å². The molecule has 0 bridgehead atoms. The molecule has 0 spiro atoms. The lowest BCUT2D eigenvalue weighted by Crippen LogP contribution is -2.50. The summed E-state index contributed by atoms with van der Waals surface area (Å²) in [5.74, 6) is -1.05. The van der Waals surface area contributed by atoms with E-state index in [0.29, 0.717) is 16.9 Å². The van der Waals surface area contributed by atoms with Crippen molar-refractivity contribution in [1.82, 2.24) is 14.5 Å². The number of hydrogen-bond acceptors (Lipinski definition) is 2. The van der Waals surface area contributed by atoms with Gasteiger partial charge in [-0.15, -0.1) is 0 Å². The number of fused-ring (bicyclic) bond motifs is 1. The summed E-state index contributed by atoms with van der Waals surface area (Å²) in [4.78, 5) is 20.7. The van der Waals surface area contributed by atoms with E-state index in [4.69, 9.17) is 0 Å². The van der Waals surface area contributed by atoms with Crippen LogP contribution in [0.15, 0.2) is 42.5 Å². The largest absolute Gasteiger partial charge is 0.419 e. The summed E-state index contributed by atoms with van der Waals surface area (Å²) in [6.07, 6.45) is 6.09. The molecule has 1 heterocycles. The lowest BCUT2D eigenvalue weighted by Gasteiger charge is -2.42. The Morgan fingerprint density at radius 1 is 0.917 bits per heavy atom. The highest BCUT2D eigenvalue weighted by Gasteiger charge is 2.35. The fourth-order valence-corrected chi connectivity index (χ4v) is 5.98. The number of rotatable bonds is 5. The Labute approximate surface area is 208 Å². The number of para-hydroxylation sites is 2. The van der Waals surface area contributed by atoms with Gasteiger partial charge in [-0.3, -0.25) is 4.79 Å². The molecule has 5 rings (SSSR count). The molecule has 2 aliphatic rings. The van der Waals surface area contributed by atoms with E-state index in [1.807, 2.05) is 18.2 Å². The molecule has 0 unspecified atom stereocenters. The molecule has 0 aliphatic heterocycles. The number of carbonyl (C=O) groups is 1. The van der Waals surface area contributed by atoms with Crippen LogP contribution >= 0.6 is 0 Å². The van der Waals surface area contributed by atoms with Crippen molar-refractivity contribution in [3.63, 3.8) is 0 Å². The summed E-state index contributed by atoms with van der Waals surface area (Å²) >= 11 is 0. The van der Waals surface area contributed by atoms with Crippen LogP contribution in [0.5, 0.6) is 0 Å². The normalized spacial score (nSPS) is 18.0. The maximum Gasteiger partial charge on any atom is 0.419 e. The van der Waals surface area contributed by atoms with Crippen LogP contribution in [-0.4, -0.2) is 32.4 Å². The van der Waals surface area contributed by atoms with E-state index in [9.17, 15) is 22.4 Å². The van der Waals surface area contributed by atoms with Gasteiger partial charge in [-0.2, -0.15) is 13.2 Å². The van der Waals surface area contributed by atoms with Crippen molar-refractivity contribution < 1.29 is 22.4 Å². The van der Waals surface area contributed by atoms with Gasteiger partial charge in [-0.05, 0) is 49.9 Å². The fourth-order valence-electron chi connectivity index (χ4n) is 5.98. The van der Waals surface area contributed by atoms with Gasteiger partial charge in [0.1, 0.15) is 18.2 Å². The number of alkyl halides is 3. The predicted octanol–water partition coefficient (Wildman–Crippen LogP) is 7.36. The number of benzene rings is 2. The van der Waals surface area contributed by atoms with Crippen LogP contribution in [0, 0.1) is 5.82 Å². The smallest absolute Gasteiger partial charge is 0.335 e. The quantitative estimate of drug-likeness (QED) is 0.343. The molecule has 192 valence electrons. The maximum atomic E-state index is 14.5. The van der Waals surface area contributed by atoms with Crippen LogP contribution in [-0.2, 0) is 17.5 Å². The molecule has 0 radical (unpaired) electrons. The number of aromatic nitrogens is 2. The van der Waals surface area contributed by atoms with Crippen LogP contribution in [0.1, 0.15) is 69.8 Å². The minimum absolute atomic E-state index is 0.00517. The highest BCUT2D eigenvalue weighted by atomic mass is 19.4. The molecule has 4 nitrogen and oxygen atoms in total. The molecular weight excluding hydrogens is 470 g/mol. The summed E-state index contributed by atoms with van der Waals surface area (Å²) in [7, 11) is 0. The van der Waals surface area contributed by atoms with Crippen molar-refractivity contribution in [2.24, 2.45) is 0 Å². The van der Waals surface area contributed by atoms with Crippen molar-refractivity contribution in [3.05, 3.63) is 53.8 Å². The van der Waals surface area contributed by atoms with Gasteiger partial charge < -0.3 is 9.47 Å². The van der Waals surface area contributed by atoms with Crippen molar-refractivity contribution in [1.29, 1.82) is 0 Å². The van der Waals surface area contributed by atoms with Gasteiger partial charge in [0.05, 0.1) is 16.6 Å². The monoisotopic (exact) mass is 501 g/mol. The molecule has 1 aromatic heterocycles. The Morgan fingerprint density at radius 3 is 2.11 bits per heavy atom. The van der Waals surface area contributed by atoms with Crippen molar-refractivity contribution in [3.8, 4) is 11.4 Å². The Balaban J connectivity index is 1.52. The zero-order chi connectivity index (χ0) is 25.3. The number of carbonyl (C=O) groups excluding carboxylic acids is 1. The SMILES string of the molecule is O=C(Cn1c(-c2ccc(C(F)(F)F)c(F)c2)nc2ccccc21)N(C1CCCCC1)C1CCCCC1. The molecule has 3 aromatic rings. The van der Waals surface area contributed by atoms with Gasteiger partial charge in [0.2, 0.25) is 5.91 Å². The highest BCUT2D eigenvalue weighted by Crippen LogP contribution is 2.35. The lowest BCUT2D eigenvalue weighted by atomic mass is 9.88. The number of halogens is 4. The Bertz CT molecular complexity index is 1210. The van der Waals surface area contributed by atoms with Gasteiger partial charge in [0, 0.05) is 17.6 Å². The average molecular weight is 502 g/mol. The average Bonchev–Trinajstić information content (AvgIpc) is 3.23. The van der Waals surface area contributed by atoms with Crippen LogP contribution in [0.2, 0.25) is 0 Å². The minimum Gasteiger partial charge on any atom is -0.335 e. The Hall–Kier alpha value is -2.90. The number of hydrogen-bond donors (Lipinski definition) is 0. The van der Waals surface area contributed by atoms with Gasteiger partial charge >= 0.3 is 6.18 Å². The molecule has 1 amide bonds. The Morgan fingerprint density at radius 2 is 1.53 bits per heavy atom. The van der Waals surface area contributed by atoms with E-state index >= 15 is 0 Å². The Kier molecular flexibility index (Phi) is 7.04. The highest BCUT2D eigenvalue weighted by molar-refractivity contribution is 5.85. The zero-order valence-electron chi connectivity index (χ0n) is 20.2. The van der Waals surface area contributed by atoms with Gasteiger partial charge in [-0.1, -0.05) is 56.7 Å². The summed E-state index contributed by atoms with van der Waals surface area (Å²) in [6.45, 7) is 0.0193. The molecule has 2 fully saturated rings. The third-order valence-electron chi connectivity index (χ3n) is 7.70. The molecule has 8 heteroatoms. The van der Waals surface area contributed by atoms with E-state index in [1.54, 1.807) is 10.6 Å². The summed E-state index contributed by atoms with van der Waals surface area (Å²) < 4.78 is 55.6. The van der Waals surface area contributed by atoms with Gasteiger partial charge in [-0.25, -0.2) is 9.37 Å². The predicted molar refractivity (Wildman–Crippen MR) is 131 cm³/mol. The molecule has 0 saturated heterocycles. The molecule has 2 aliphatic carbocycles. The summed E-state index contributed by atoms with van der Waals surface area (Å²) in [5.41, 5.74) is 0.216. The molecule has 0 N–H and O–H groups in total. The van der Waals surface area contributed by atoms with Crippen LogP contribution in [0.4, 0.5) is 17.6 Å². The van der Waals surface area contributed by atoms with Crippen molar-refractivity contribution in [2.75, 3.05) is 0 Å². The molecule has 36 heavy (non-hydrogen) atoms. The second-order valence-electron chi connectivity index (χ2n) is 10.1. The fraction of sp³-hybridized carbons (Fsp3) is 0.500. The van der Waals surface area contributed by atoms with Crippen molar-refractivity contribution >= 4 is 16.9 Å². The second-order valence-corrected chi connectivity index (χ2v) is 10.1. The summed E-state index contributed by atoms with van der Waals surface area (Å²) in [6, 6.07) is 10.6. The standard InChI is InChI=1S/C28H31F4N3O/c29-23-17-19(15-16-22(23)28(30,31)32)27-33-24-13-7-8-14-25(24)34(27)18-26(36)35(20-9-3-1-4-10-20)21-11-5-2-6-12-21/h7-8,13-17,20-21H,1-6,9-12,18H2. The van der Waals surface area contributed by atoms with Crippen LogP contribution in [0.25, 0.3) is 22.4 Å². The minimum atomic E-state index is -4.78. The molecule has 2 saturated carbocycles. The van der Waals surface area contributed by atoms with Gasteiger partial charge in [0.25, 0.3) is 0 Å². The topological polar surface area (TPSA) is 38.1 Å². The van der Waals surface area contributed by atoms with Crippen LogP contribution in [0.3, 0.4) is 0 Å². The second kappa shape index (κ2) is 10.2. The van der Waals surface area contributed by atoms with Crippen LogP contribution < -0.4 is 0 Å². The first-order valence-electron chi connectivity index (χ1n) is 13.0. The number of imidazole rings is 1. The third kappa shape index (κ3) is 5.00. The van der Waals surface area contributed by atoms with E-state index < -0.39 is 17.6 Å². The van der Waals surface area contributed by atoms with E-state index in [2.05, 4.69) is 9.88 Å². The van der Waals surface area contributed by atoms with E-state index in [1.165, 1.54) is 18.9 Å². The van der Waals surface area contributed by atoms with Crippen molar-refractivity contribution in [2.45, 2.75) is 89.0 Å². The maximum absolute atomic E-state index is 14.5. The van der Waals surface area contributed by atoms with E-state index in [0.717, 1.165) is 63.5 Å².